The minimum Gasteiger partial charge on any atom is -0.268 e. The van der Waals surface area contributed by atoms with Crippen LogP contribution in [0.3, 0.4) is 0 Å². The molecule has 0 spiro atoms. The molecule has 0 bridgehead atoms. The number of nitrogens with two attached hydrogens (primary N) is 1. The van der Waals surface area contributed by atoms with E-state index < -0.39 is 0 Å². The van der Waals surface area contributed by atoms with Gasteiger partial charge in [-0.05, 0) is 19.8 Å². The zero-order valence-electron chi connectivity index (χ0n) is 10.7. The Kier molecular flexibility index (Phi) is 3.01. The fourth-order valence-electron chi connectivity index (χ4n) is 2.67. The summed E-state index contributed by atoms with van der Waals surface area (Å²) in [6.45, 7) is 2.98. The molecule has 0 radical (unpaired) electrons. The summed E-state index contributed by atoms with van der Waals surface area (Å²) in [4.78, 5) is 4.50. The van der Waals surface area contributed by atoms with E-state index >= 15 is 0 Å². The van der Waals surface area contributed by atoms with Gasteiger partial charge in [0.25, 0.3) is 0 Å². The Bertz CT molecular complexity index is 547. The lowest BCUT2D eigenvalue weighted by molar-refractivity contribution is 0.205. The van der Waals surface area contributed by atoms with E-state index in [0.717, 1.165) is 29.7 Å². The Balaban J connectivity index is 1.97. The molecular formula is C13H19N5. The van der Waals surface area contributed by atoms with Gasteiger partial charge in [-0.25, -0.2) is 14.5 Å². The third-order valence-corrected chi connectivity index (χ3v) is 3.73. The highest BCUT2D eigenvalue weighted by molar-refractivity contribution is 5.45. The molecule has 3 heterocycles. The Labute approximate surface area is 107 Å². The molecule has 5 heteroatoms. The smallest absolute Gasteiger partial charge is 0.157 e. The molecule has 0 aromatic carbocycles. The van der Waals surface area contributed by atoms with Crippen LogP contribution in [0.5, 0.6) is 0 Å². The molecule has 3 rings (SSSR count). The van der Waals surface area contributed by atoms with Crippen LogP contribution in [0.15, 0.2) is 18.6 Å². The average molecular weight is 245 g/mol. The molecule has 1 saturated heterocycles. The molecule has 2 N–H and O–H groups in total. The van der Waals surface area contributed by atoms with Crippen LogP contribution in [0.4, 0.5) is 0 Å². The summed E-state index contributed by atoms with van der Waals surface area (Å²) in [7, 11) is 0. The van der Waals surface area contributed by atoms with Gasteiger partial charge in [0.2, 0.25) is 0 Å². The second-order valence-electron chi connectivity index (χ2n) is 5.09. The quantitative estimate of drug-likeness (QED) is 0.779. The van der Waals surface area contributed by atoms with E-state index in [1.54, 1.807) is 0 Å². The van der Waals surface area contributed by atoms with E-state index in [1.165, 1.54) is 19.3 Å². The molecule has 1 aliphatic heterocycles. The van der Waals surface area contributed by atoms with Crippen molar-refractivity contribution in [2.24, 2.45) is 5.84 Å². The van der Waals surface area contributed by atoms with Gasteiger partial charge in [-0.15, -0.1) is 0 Å². The highest BCUT2D eigenvalue weighted by Crippen LogP contribution is 2.27. The SMILES string of the molecule is Cc1cnn2cc(C3CCCCCN3N)cnc12. The van der Waals surface area contributed by atoms with Crippen LogP contribution < -0.4 is 5.84 Å². The van der Waals surface area contributed by atoms with Crippen molar-refractivity contribution in [2.75, 3.05) is 6.54 Å². The van der Waals surface area contributed by atoms with Crippen molar-refractivity contribution >= 4 is 5.65 Å². The maximum absolute atomic E-state index is 6.14. The first-order valence-corrected chi connectivity index (χ1v) is 6.57. The summed E-state index contributed by atoms with van der Waals surface area (Å²) in [6, 6.07) is 0.272. The van der Waals surface area contributed by atoms with Crippen LogP contribution >= 0.6 is 0 Å². The first kappa shape index (κ1) is 11.6. The Hall–Kier alpha value is -1.46. The number of fused-ring (bicyclic) bond motifs is 1. The molecule has 1 atom stereocenters. The second kappa shape index (κ2) is 4.66. The summed E-state index contributed by atoms with van der Waals surface area (Å²) >= 11 is 0. The minimum absolute atomic E-state index is 0.272. The van der Waals surface area contributed by atoms with Gasteiger partial charge in [0.05, 0.1) is 12.2 Å². The largest absolute Gasteiger partial charge is 0.268 e. The molecule has 18 heavy (non-hydrogen) atoms. The van der Waals surface area contributed by atoms with Crippen molar-refractivity contribution < 1.29 is 0 Å². The van der Waals surface area contributed by atoms with Gasteiger partial charge >= 0.3 is 0 Å². The van der Waals surface area contributed by atoms with Crippen molar-refractivity contribution in [3.05, 3.63) is 29.7 Å². The normalized spacial score (nSPS) is 22.2. The number of nitrogens with zero attached hydrogens (tertiary/aromatic N) is 4. The molecule has 1 fully saturated rings. The number of rotatable bonds is 1. The summed E-state index contributed by atoms with van der Waals surface area (Å²) in [5.41, 5.74) is 3.19. The molecule has 0 saturated carbocycles. The maximum atomic E-state index is 6.14. The summed E-state index contributed by atoms with van der Waals surface area (Å²) in [5, 5.41) is 6.27. The summed E-state index contributed by atoms with van der Waals surface area (Å²) < 4.78 is 1.85. The van der Waals surface area contributed by atoms with Crippen LogP contribution in [0.2, 0.25) is 0 Å². The van der Waals surface area contributed by atoms with Crippen LogP contribution in [-0.4, -0.2) is 26.2 Å². The third kappa shape index (κ3) is 2.00. The van der Waals surface area contributed by atoms with Gasteiger partial charge in [-0.2, -0.15) is 5.10 Å². The monoisotopic (exact) mass is 245 g/mol. The van der Waals surface area contributed by atoms with Crippen molar-refractivity contribution in [3.8, 4) is 0 Å². The van der Waals surface area contributed by atoms with Gasteiger partial charge in [-0.3, -0.25) is 5.84 Å². The first-order valence-electron chi connectivity index (χ1n) is 6.57. The minimum atomic E-state index is 0.272. The van der Waals surface area contributed by atoms with E-state index in [4.69, 9.17) is 5.84 Å². The first-order chi connectivity index (χ1) is 8.75. The molecule has 5 nitrogen and oxygen atoms in total. The molecule has 0 amide bonds. The predicted molar refractivity (Wildman–Crippen MR) is 69.8 cm³/mol. The number of hydrogen-bond acceptors (Lipinski definition) is 4. The Morgan fingerprint density at radius 1 is 1.28 bits per heavy atom. The van der Waals surface area contributed by atoms with Crippen molar-refractivity contribution in [1.29, 1.82) is 0 Å². The van der Waals surface area contributed by atoms with E-state index in [0.29, 0.717) is 0 Å². The molecule has 96 valence electrons. The van der Waals surface area contributed by atoms with Crippen LogP contribution in [0.25, 0.3) is 5.65 Å². The Morgan fingerprint density at radius 2 is 2.17 bits per heavy atom. The van der Waals surface area contributed by atoms with Gasteiger partial charge in [0.1, 0.15) is 0 Å². The lowest BCUT2D eigenvalue weighted by Gasteiger charge is -2.25. The lowest BCUT2D eigenvalue weighted by Crippen LogP contribution is -2.35. The molecule has 2 aromatic heterocycles. The fourth-order valence-corrected chi connectivity index (χ4v) is 2.67. The number of hydrazine groups is 1. The highest BCUT2D eigenvalue weighted by Gasteiger charge is 2.21. The van der Waals surface area contributed by atoms with Gasteiger partial charge in [0.15, 0.2) is 5.65 Å². The molecular weight excluding hydrogens is 226 g/mol. The van der Waals surface area contributed by atoms with Crippen molar-refractivity contribution in [2.45, 2.75) is 38.6 Å². The topological polar surface area (TPSA) is 59.5 Å². The van der Waals surface area contributed by atoms with Gasteiger partial charge < -0.3 is 0 Å². The summed E-state index contributed by atoms with van der Waals surface area (Å²) in [5.74, 6) is 6.14. The summed E-state index contributed by atoms with van der Waals surface area (Å²) in [6.07, 6.45) is 10.6. The van der Waals surface area contributed by atoms with Crippen LogP contribution in [0, 0.1) is 6.92 Å². The standard InChI is InChI=1S/C13H19N5/c1-10-7-16-18-9-11(8-15-13(10)18)12-5-3-2-4-6-17(12)14/h7-9,12H,2-6,14H2,1H3. The van der Waals surface area contributed by atoms with E-state index in [2.05, 4.69) is 16.3 Å². The van der Waals surface area contributed by atoms with E-state index in [1.807, 2.05) is 28.8 Å². The zero-order chi connectivity index (χ0) is 12.5. The molecule has 2 aromatic rings. The fraction of sp³-hybridized carbons (Fsp3) is 0.538. The lowest BCUT2D eigenvalue weighted by atomic mass is 10.1. The molecule has 1 unspecified atom stereocenters. The molecule has 1 aliphatic rings. The number of aryl methyl sites for hydroxylation is 1. The third-order valence-electron chi connectivity index (χ3n) is 3.73. The average Bonchev–Trinajstić information content (AvgIpc) is 2.61. The maximum Gasteiger partial charge on any atom is 0.157 e. The second-order valence-corrected chi connectivity index (χ2v) is 5.09. The van der Waals surface area contributed by atoms with Crippen molar-refractivity contribution in [3.63, 3.8) is 0 Å². The van der Waals surface area contributed by atoms with Gasteiger partial charge in [0, 0.05) is 30.1 Å². The van der Waals surface area contributed by atoms with E-state index in [9.17, 15) is 0 Å². The van der Waals surface area contributed by atoms with E-state index in [-0.39, 0.29) is 6.04 Å². The predicted octanol–water partition coefficient (Wildman–Crippen LogP) is 1.83. The number of hydrogen-bond donors (Lipinski definition) is 1. The van der Waals surface area contributed by atoms with Crippen LogP contribution in [0.1, 0.15) is 42.9 Å². The van der Waals surface area contributed by atoms with Crippen molar-refractivity contribution in [1.82, 2.24) is 19.6 Å². The number of aromatic nitrogens is 3. The molecule has 0 aliphatic carbocycles. The van der Waals surface area contributed by atoms with Crippen LogP contribution in [-0.2, 0) is 0 Å². The Morgan fingerprint density at radius 3 is 3.06 bits per heavy atom. The highest BCUT2D eigenvalue weighted by atomic mass is 15.4. The van der Waals surface area contributed by atoms with Gasteiger partial charge in [-0.1, -0.05) is 12.8 Å². The zero-order valence-corrected chi connectivity index (χ0v) is 10.7.